The molecule has 0 aliphatic heterocycles. The zero-order chi connectivity index (χ0) is 24.1. The van der Waals surface area contributed by atoms with Crippen molar-refractivity contribution in [2.75, 3.05) is 24.9 Å². The molecule has 0 atom stereocenters. The number of ether oxygens (including phenoxy) is 2. The first-order valence-corrected chi connectivity index (χ1v) is 13.0. The van der Waals surface area contributed by atoms with Crippen LogP contribution < -0.4 is 14.4 Å². The van der Waals surface area contributed by atoms with Gasteiger partial charge in [0.2, 0.25) is 5.91 Å². The van der Waals surface area contributed by atoms with Crippen LogP contribution in [-0.4, -0.2) is 39.3 Å². The molecule has 0 radical (unpaired) electrons. The number of thiazole rings is 1. The summed E-state index contributed by atoms with van der Waals surface area (Å²) in [5.41, 5.74) is 1.67. The van der Waals surface area contributed by atoms with Gasteiger partial charge in [0.15, 0.2) is 15.0 Å². The van der Waals surface area contributed by atoms with E-state index in [-0.39, 0.29) is 23.0 Å². The maximum absolute atomic E-state index is 13.3. The number of fused-ring (bicyclic) bond motifs is 1. The smallest absolute Gasteiger partial charge is 0.230 e. The Hall–Kier alpha value is -3.43. The summed E-state index contributed by atoms with van der Waals surface area (Å²) in [4.78, 5) is 19.6. The van der Waals surface area contributed by atoms with Gasteiger partial charge in [0.1, 0.15) is 11.5 Å². The molecule has 0 saturated heterocycles. The van der Waals surface area contributed by atoms with E-state index >= 15 is 0 Å². The lowest BCUT2D eigenvalue weighted by molar-refractivity contribution is -0.118. The third-order valence-corrected chi connectivity index (χ3v) is 8.08. The van der Waals surface area contributed by atoms with Crippen molar-refractivity contribution in [3.8, 4) is 11.5 Å². The minimum absolute atomic E-state index is 0.155. The van der Waals surface area contributed by atoms with E-state index in [0.717, 1.165) is 15.8 Å². The highest BCUT2D eigenvalue weighted by atomic mass is 32.2. The van der Waals surface area contributed by atoms with Crippen LogP contribution in [0.2, 0.25) is 0 Å². The number of methoxy groups -OCH3 is 2. The first-order chi connectivity index (χ1) is 16.4. The Balaban J connectivity index is 1.58. The van der Waals surface area contributed by atoms with Crippen molar-refractivity contribution in [2.24, 2.45) is 0 Å². The van der Waals surface area contributed by atoms with Crippen LogP contribution in [0.4, 0.5) is 5.13 Å². The fourth-order valence-electron chi connectivity index (χ4n) is 3.42. The molecule has 1 aromatic heterocycles. The first-order valence-electron chi connectivity index (χ1n) is 10.6. The quantitative estimate of drug-likeness (QED) is 0.334. The lowest BCUT2D eigenvalue weighted by Crippen LogP contribution is -2.31. The van der Waals surface area contributed by atoms with E-state index in [1.807, 2.05) is 48.5 Å². The van der Waals surface area contributed by atoms with Gasteiger partial charge in [-0.15, -0.1) is 0 Å². The van der Waals surface area contributed by atoms with Crippen molar-refractivity contribution in [2.45, 2.75) is 17.9 Å². The second kappa shape index (κ2) is 10.2. The summed E-state index contributed by atoms with van der Waals surface area (Å²) in [7, 11) is -0.529. The normalized spacial score (nSPS) is 11.4. The molecule has 1 heterocycles. The number of carbonyl (C=O) groups is 1. The molecule has 0 aliphatic carbocycles. The molecule has 0 saturated carbocycles. The minimum Gasteiger partial charge on any atom is -0.497 e. The van der Waals surface area contributed by atoms with Gasteiger partial charge in [-0.3, -0.25) is 9.69 Å². The van der Waals surface area contributed by atoms with E-state index in [4.69, 9.17) is 9.47 Å². The number of aromatic nitrogens is 1. The van der Waals surface area contributed by atoms with Crippen LogP contribution >= 0.6 is 11.3 Å². The summed E-state index contributed by atoms with van der Waals surface area (Å²) < 4.78 is 36.9. The zero-order valence-electron chi connectivity index (χ0n) is 18.8. The van der Waals surface area contributed by atoms with Gasteiger partial charge in [0, 0.05) is 6.42 Å². The third-order valence-electron chi connectivity index (χ3n) is 5.30. The van der Waals surface area contributed by atoms with Crippen LogP contribution in [-0.2, 0) is 21.2 Å². The van der Waals surface area contributed by atoms with Crippen molar-refractivity contribution in [1.29, 1.82) is 0 Å². The topological polar surface area (TPSA) is 85.8 Å². The Morgan fingerprint density at radius 1 is 0.941 bits per heavy atom. The maximum Gasteiger partial charge on any atom is 0.230 e. The Morgan fingerprint density at radius 2 is 1.62 bits per heavy atom. The van der Waals surface area contributed by atoms with E-state index in [1.165, 1.54) is 30.6 Å². The molecule has 4 aromatic rings. The number of amides is 1. The number of carbonyl (C=O) groups excluding carboxylic acids is 1. The molecule has 0 aliphatic rings. The fraction of sp³-hybridized carbons (Fsp3) is 0.200. The Labute approximate surface area is 202 Å². The van der Waals surface area contributed by atoms with Crippen molar-refractivity contribution < 1.29 is 22.7 Å². The first kappa shape index (κ1) is 23.7. The number of hydrogen-bond acceptors (Lipinski definition) is 7. The van der Waals surface area contributed by atoms with Crippen molar-refractivity contribution in [3.63, 3.8) is 0 Å². The van der Waals surface area contributed by atoms with Crippen LogP contribution in [0.3, 0.4) is 0 Å². The van der Waals surface area contributed by atoms with Gasteiger partial charge in [-0.1, -0.05) is 41.7 Å². The monoisotopic (exact) mass is 496 g/mol. The summed E-state index contributed by atoms with van der Waals surface area (Å²) in [5.74, 6) is 0.653. The number of anilines is 1. The number of hydrogen-bond donors (Lipinski definition) is 0. The second-order valence-electron chi connectivity index (χ2n) is 7.54. The highest BCUT2D eigenvalue weighted by Gasteiger charge is 2.24. The molecule has 0 spiro atoms. The fourth-order valence-corrected chi connectivity index (χ4v) is 5.66. The van der Waals surface area contributed by atoms with Crippen LogP contribution in [0.25, 0.3) is 10.2 Å². The van der Waals surface area contributed by atoms with Crippen LogP contribution in [0, 0.1) is 0 Å². The SMILES string of the molecule is COc1ccc(S(=O)(=O)CCC(=O)N(Cc2ccccc2)c2nc3ccc(OC)cc3s2)cc1. The molecule has 9 heteroatoms. The molecule has 0 fully saturated rings. The zero-order valence-corrected chi connectivity index (χ0v) is 20.4. The summed E-state index contributed by atoms with van der Waals surface area (Å²) in [6, 6.07) is 21.2. The molecule has 34 heavy (non-hydrogen) atoms. The van der Waals surface area contributed by atoms with Gasteiger partial charge in [0.05, 0.1) is 41.6 Å². The van der Waals surface area contributed by atoms with Gasteiger partial charge >= 0.3 is 0 Å². The standard InChI is InChI=1S/C25H24N2O5S2/c1-31-19-8-11-21(12-9-19)34(29,30)15-14-24(28)27(17-18-6-4-3-5-7-18)25-26-22-13-10-20(32-2)16-23(22)33-25/h3-13,16H,14-15,17H2,1-2H3. The predicted molar refractivity (Wildman–Crippen MR) is 133 cm³/mol. The lowest BCUT2D eigenvalue weighted by Gasteiger charge is -2.20. The van der Waals surface area contributed by atoms with Crippen molar-refractivity contribution >= 4 is 42.4 Å². The molecule has 3 aromatic carbocycles. The molecular weight excluding hydrogens is 472 g/mol. The minimum atomic E-state index is -3.64. The second-order valence-corrected chi connectivity index (χ2v) is 10.7. The summed E-state index contributed by atoms with van der Waals surface area (Å²) >= 11 is 1.37. The molecule has 1 amide bonds. The highest BCUT2D eigenvalue weighted by molar-refractivity contribution is 7.91. The van der Waals surface area contributed by atoms with Gasteiger partial charge in [-0.05, 0) is 48.0 Å². The molecule has 0 N–H and O–H groups in total. The summed E-state index contributed by atoms with van der Waals surface area (Å²) in [6.07, 6.45) is -0.166. The molecule has 4 rings (SSSR count). The third kappa shape index (κ3) is 5.37. The molecule has 0 unspecified atom stereocenters. The van der Waals surface area contributed by atoms with Gasteiger partial charge in [-0.25, -0.2) is 13.4 Å². The number of nitrogens with zero attached hydrogens (tertiary/aromatic N) is 2. The van der Waals surface area contributed by atoms with Crippen LogP contribution in [0.5, 0.6) is 11.5 Å². The number of rotatable bonds is 9. The van der Waals surface area contributed by atoms with E-state index in [9.17, 15) is 13.2 Å². The van der Waals surface area contributed by atoms with E-state index in [2.05, 4.69) is 4.98 Å². The van der Waals surface area contributed by atoms with E-state index in [1.54, 1.807) is 24.1 Å². The number of benzene rings is 3. The average Bonchev–Trinajstić information content (AvgIpc) is 3.29. The Bertz CT molecular complexity index is 1380. The van der Waals surface area contributed by atoms with Gasteiger partial charge in [-0.2, -0.15) is 0 Å². The summed E-state index contributed by atoms with van der Waals surface area (Å²) in [5, 5.41) is 0.513. The van der Waals surface area contributed by atoms with Gasteiger partial charge in [0.25, 0.3) is 0 Å². The Kier molecular flexibility index (Phi) is 7.14. The van der Waals surface area contributed by atoms with Crippen molar-refractivity contribution in [3.05, 3.63) is 78.4 Å². The average molecular weight is 497 g/mol. The largest absolute Gasteiger partial charge is 0.497 e. The molecular formula is C25H24N2O5S2. The predicted octanol–water partition coefficient (Wildman–Crippen LogP) is 4.71. The van der Waals surface area contributed by atoms with Crippen LogP contribution in [0.15, 0.2) is 77.7 Å². The maximum atomic E-state index is 13.3. The van der Waals surface area contributed by atoms with Gasteiger partial charge < -0.3 is 9.47 Å². The highest BCUT2D eigenvalue weighted by Crippen LogP contribution is 2.32. The molecule has 0 bridgehead atoms. The van der Waals surface area contributed by atoms with Crippen LogP contribution in [0.1, 0.15) is 12.0 Å². The lowest BCUT2D eigenvalue weighted by atomic mass is 10.2. The summed E-state index contributed by atoms with van der Waals surface area (Å²) in [6.45, 7) is 0.291. The van der Waals surface area contributed by atoms with Crippen molar-refractivity contribution in [1.82, 2.24) is 4.98 Å². The van der Waals surface area contributed by atoms with E-state index in [0.29, 0.717) is 23.2 Å². The Morgan fingerprint density at radius 3 is 2.29 bits per heavy atom. The van der Waals surface area contributed by atoms with E-state index < -0.39 is 9.84 Å². The molecule has 176 valence electrons. The molecule has 7 nitrogen and oxygen atoms in total. The number of sulfone groups is 1.